The van der Waals surface area contributed by atoms with Crippen molar-refractivity contribution in [1.29, 1.82) is 0 Å². The summed E-state index contributed by atoms with van der Waals surface area (Å²) in [6.45, 7) is 4.71. The van der Waals surface area contributed by atoms with Gasteiger partial charge >= 0.3 is 5.97 Å². The van der Waals surface area contributed by atoms with Gasteiger partial charge in [-0.3, -0.25) is 19.2 Å². The quantitative estimate of drug-likeness (QED) is 0.120. The first kappa shape index (κ1) is 29.5. The number of carboxylic acid groups (broad SMARTS) is 1. The number of H-pyrrole nitrogens is 1. The smallest absolute Gasteiger partial charge is 0.326 e. The lowest BCUT2D eigenvalue weighted by molar-refractivity contribution is -0.142. The topological polar surface area (TPSA) is 234 Å². The van der Waals surface area contributed by atoms with Crippen LogP contribution in [0.4, 0.5) is 0 Å². The third-order valence-electron chi connectivity index (χ3n) is 5.09. The molecular formula is C21H36N8O6. The van der Waals surface area contributed by atoms with Crippen LogP contribution in [-0.4, -0.2) is 81.4 Å². The molecule has 0 saturated carbocycles. The number of carboxylic acids is 1. The zero-order valence-corrected chi connectivity index (χ0v) is 20.2. The highest BCUT2D eigenvalue weighted by Crippen LogP contribution is 2.03. The van der Waals surface area contributed by atoms with Crippen molar-refractivity contribution >= 4 is 29.6 Å². The van der Waals surface area contributed by atoms with Gasteiger partial charge in [-0.25, -0.2) is 9.78 Å². The van der Waals surface area contributed by atoms with E-state index in [4.69, 9.17) is 11.5 Å². The Hall–Kier alpha value is -3.52. The van der Waals surface area contributed by atoms with E-state index in [9.17, 15) is 29.1 Å². The zero-order chi connectivity index (χ0) is 26.5. The lowest BCUT2D eigenvalue weighted by atomic mass is 10.1. The van der Waals surface area contributed by atoms with Gasteiger partial charge in [0.25, 0.3) is 0 Å². The molecule has 0 aliphatic rings. The van der Waals surface area contributed by atoms with Gasteiger partial charge in [-0.2, -0.15) is 0 Å². The minimum atomic E-state index is -1.19. The van der Waals surface area contributed by atoms with E-state index in [1.807, 2.05) is 0 Å². The third-order valence-corrected chi connectivity index (χ3v) is 5.09. The Balaban J connectivity index is 2.83. The molecule has 0 aliphatic carbocycles. The molecule has 1 rings (SSSR count). The van der Waals surface area contributed by atoms with E-state index in [0.717, 1.165) is 0 Å². The number of amides is 4. The van der Waals surface area contributed by atoms with Gasteiger partial charge < -0.3 is 42.8 Å². The Labute approximate surface area is 203 Å². The number of imidazole rings is 1. The molecule has 0 unspecified atom stereocenters. The number of nitrogens with two attached hydrogens (primary N) is 2. The third kappa shape index (κ3) is 10.5. The maximum Gasteiger partial charge on any atom is 0.326 e. The molecule has 35 heavy (non-hydrogen) atoms. The SMILES string of the molecule is C[C@H](N)C(=O)N[C@@H](C)C(=O)N[C@@H](Cc1cnc[nH]1)C(=O)N[C@@H](C)C(=O)N[C@@H](CCCCN)C(=O)O. The lowest BCUT2D eigenvalue weighted by Gasteiger charge is -2.24. The van der Waals surface area contributed by atoms with Crippen LogP contribution >= 0.6 is 0 Å². The first-order valence-corrected chi connectivity index (χ1v) is 11.3. The van der Waals surface area contributed by atoms with Crippen molar-refractivity contribution in [2.24, 2.45) is 11.5 Å². The van der Waals surface area contributed by atoms with Gasteiger partial charge in [-0.15, -0.1) is 0 Å². The van der Waals surface area contributed by atoms with Crippen LogP contribution in [0.15, 0.2) is 12.5 Å². The van der Waals surface area contributed by atoms with Crippen molar-refractivity contribution in [3.8, 4) is 0 Å². The molecule has 1 aromatic rings. The van der Waals surface area contributed by atoms with Crippen LogP contribution in [0, 0.1) is 0 Å². The first-order chi connectivity index (χ1) is 16.5. The highest BCUT2D eigenvalue weighted by atomic mass is 16.4. The summed E-state index contributed by atoms with van der Waals surface area (Å²) in [7, 11) is 0. The van der Waals surface area contributed by atoms with E-state index in [1.54, 1.807) is 0 Å². The molecule has 0 aromatic carbocycles. The molecule has 0 saturated heterocycles. The Morgan fingerprint density at radius 2 is 1.49 bits per heavy atom. The zero-order valence-electron chi connectivity index (χ0n) is 20.2. The number of hydrogen-bond acceptors (Lipinski definition) is 8. The number of aromatic amines is 1. The second-order valence-electron chi connectivity index (χ2n) is 8.28. The molecule has 14 nitrogen and oxygen atoms in total. The number of rotatable bonds is 15. The number of carbonyl (C=O) groups excluding carboxylic acids is 4. The molecule has 1 heterocycles. The molecule has 0 aliphatic heterocycles. The molecule has 0 radical (unpaired) electrons. The van der Waals surface area contributed by atoms with E-state index in [-0.39, 0.29) is 12.8 Å². The molecular weight excluding hydrogens is 460 g/mol. The summed E-state index contributed by atoms with van der Waals surface area (Å²) in [5.74, 6) is -3.74. The molecule has 4 amide bonds. The number of carbonyl (C=O) groups is 5. The Morgan fingerprint density at radius 3 is 1.97 bits per heavy atom. The second-order valence-corrected chi connectivity index (χ2v) is 8.28. The van der Waals surface area contributed by atoms with Crippen molar-refractivity contribution in [1.82, 2.24) is 31.2 Å². The van der Waals surface area contributed by atoms with Crippen molar-refractivity contribution in [2.45, 2.75) is 76.7 Å². The summed E-state index contributed by atoms with van der Waals surface area (Å²) < 4.78 is 0. The van der Waals surface area contributed by atoms with E-state index < -0.39 is 59.8 Å². The number of hydrogen-bond donors (Lipinski definition) is 8. The van der Waals surface area contributed by atoms with Crippen molar-refractivity contribution in [3.63, 3.8) is 0 Å². The maximum atomic E-state index is 12.9. The van der Waals surface area contributed by atoms with Crippen molar-refractivity contribution < 1.29 is 29.1 Å². The Bertz CT molecular complexity index is 860. The lowest BCUT2D eigenvalue weighted by Crippen LogP contribution is -2.57. The molecule has 0 bridgehead atoms. The molecule has 0 fully saturated rings. The van der Waals surface area contributed by atoms with Gasteiger partial charge in [-0.05, 0) is 46.6 Å². The maximum absolute atomic E-state index is 12.9. The fourth-order valence-electron chi connectivity index (χ4n) is 2.96. The minimum Gasteiger partial charge on any atom is -0.480 e. The number of aliphatic carboxylic acids is 1. The Morgan fingerprint density at radius 1 is 0.914 bits per heavy atom. The molecule has 14 heteroatoms. The highest BCUT2D eigenvalue weighted by molar-refractivity contribution is 5.95. The summed E-state index contributed by atoms with van der Waals surface area (Å²) in [5.41, 5.74) is 11.5. The number of unbranched alkanes of at least 4 members (excludes halogenated alkanes) is 1. The minimum absolute atomic E-state index is 0.0245. The van der Waals surface area contributed by atoms with Gasteiger partial charge in [-0.1, -0.05) is 0 Å². The van der Waals surface area contributed by atoms with Crippen LogP contribution in [0.5, 0.6) is 0 Å². The first-order valence-electron chi connectivity index (χ1n) is 11.3. The molecule has 0 spiro atoms. The normalized spacial score (nSPS) is 15.1. The summed E-state index contributed by atoms with van der Waals surface area (Å²) in [6.07, 6.45) is 4.24. The summed E-state index contributed by atoms with van der Waals surface area (Å²) in [5, 5.41) is 19.2. The monoisotopic (exact) mass is 496 g/mol. The fourth-order valence-corrected chi connectivity index (χ4v) is 2.96. The number of aromatic nitrogens is 2. The van der Waals surface area contributed by atoms with Crippen LogP contribution in [0.1, 0.15) is 45.7 Å². The van der Waals surface area contributed by atoms with Crippen LogP contribution < -0.4 is 32.7 Å². The van der Waals surface area contributed by atoms with E-state index in [1.165, 1.54) is 33.3 Å². The van der Waals surface area contributed by atoms with Gasteiger partial charge in [0.05, 0.1) is 12.4 Å². The van der Waals surface area contributed by atoms with Crippen molar-refractivity contribution in [2.75, 3.05) is 6.54 Å². The standard InChI is InChI=1S/C21H36N8O6/c1-11(23)17(30)26-12(2)19(32)29-16(8-14-9-24-10-25-14)20(33)27-13(3)18(31)28-15(21(34)35)6-4-5-7-22/h9-13,15-16H,4-8,22-23H2,1-3H3,(H,24,25)(H,26,30)(H,27,33)(H,28,31)(H,29,32)(H,34,35)/t11-,12-,13-,15-,16-/m0/s1. The fraction of sp³-hybridized carbons (Fsp3) is 0.619. The van der Waals surface area contributed by atoms with E-state index in [2.05, 4.69) is 31.2 Å². The number of nitrogens with one attached hydrogen (secondary N) is 5. The predicted molar refractivity (Wildman–Crippen MR) is 126 cm³/mol. The molecule has 10 N–H and O–H groups in total. The average molecular weight is 497 g/mol. The van der Waals surface area contributed by atoms with E-state index in [0.29, 0.717) is 25.1 Å². The molecule has 1 aromatic heterocycles. The summed E-state index contributed by atoms with van der Waals surface area (Å²) in [4.78, 5) is 67.9. The summed E-state index contributed by atoms with van der Waals surface area (Å²) >= 11 is 0. The van der Waals surface area contributed by atoms with Gasteiger partial charge in [0, 0.05) is 18.3 Å². The van der Waals surface area contributed by atoms with Gasteiger partial charge in [0.15, 0.2) is 0 Å². The molecule has 196 valence electrons. The largest absolute Gasteiger partial charge is 0.480 e. The predicted octanol–water partition coefficient (Wildman–Crippen LogP) is -2.51. The van der Waals surface area contributed by atoms with Gasteiger partial charge in [0.2, 0.25) is 23.6 Å². The molecule has 5 atom stereocenters. The Kier molecular flexibility index (Phi) is 12.4. The average Bonchev–Trinajstić information content (AvgIpc) is 3.30. The summed E-state index contributed by atoms with van der Waals surface area (Å²) in [6, 6.07) is -5.12. The van der Waals surface area contributed by atoms with Crippen LogP contribution in [-0.2, 0) is 30.4 Å². The van der Waals surface area contributed by atoms with Crippen LogP contribution in [0.2, 0.25) is 0 Å². The van der Waals surface area contributed by atoms with E-state index >= 15 is 0 Å². The highest BCUT2D eigenvalue weighted by Gasteiger charge is 2.29. The van der Waals surface area contributed by atoms with Crippen molar-refractivity contribution in [3.05, 3.63) is 18.2 Å². The van der Waals surface area contributed by atoms with Crippen LogP contribution in [0.25, 0.3) is 0 Å². The second kappa shape index (κ2) is 14.7. The number of nitrogens with zero attached hydrogens (tertiary/aromatic N) is 1. The van der Waals surface area contributed by atoms with Crippen LogP contribution in [0.3, 0.4) is 0 Å². The van der Waals surface area contributed by atoms with Gasteiger partial charge in [0.1, 0.15) is 24.2 Å².